The molecule has 178 valence electrons. The minimum absolute atomic E-state index is 0.188. The molecule has 1 aliphatic carbocycles. The maximum Gasteiger partial charge on any atom is 0.318 e. The van der Waals surface area contributed by atoms with E-state index in [-0.39, 0.29) is 5.56 Å². The van der Waals surface area contributed by atoms with Gasteiger partial charge in [0.25, 0.3) is 0 Å². The van der Waals surface area contributed by atoms with Gasteiger partial charge in [-0.1, -0.05) is 18.2 Å². The molecule has 0 unspecified atom stereocenters. The highest BCUT2D eigenvalue weighted by atomic mass is 16.6. The SMILES string of the molecule is O=c1ccc2cnc(OCCCCN3CCN(C4=COC(C5=CC=CCC5)=CO4)CC3)nc2[nH]1. The first-order chi connectivity index (χ1) is 16.7. The van der Waals surface area contributed by atoms with Crippen LogP contribution in [0.5, 0.6) is 6.01 Å². The van der Waals surface area contributed by atoms with Crippen molar-refractivity contribution in [1.82, 2.24) is 24.8 Å². The summed E-state index contributed by atoms with van der Waals surface area (Å²) in [5, 5.41) is 0.780. The van der Waals surface area contributed by atoms with Gasteiger partial charge in [-0.15, -0.1) is 0 Å². The molecular formula is C25H29N5O4. The van der Waals surface area contributed by atoms with E-state index in [2.05, 4.69) is 43.0 Å². The lowest BCUT2D eigenvalue weighted by molar-refractivity contribution is 0.0834. The molecule has 9 heteroatoms. The van der Waals surface area contributed by atoms with Crippen LogP contribution in [0.3, 0.4) is 0 Å². The topological polar surface area (TPSA) is 92.8 Å². The summed E-state index contributed by atoms with van der Waals surface area (Å²) in [4.78, 5) is 27.3. The molecule has 0 radical (unpaired) electrons. The molecule has 1 fully saturated rings. The van der Waals surface area contributed by atoms with Crippen molar-refractivity contribution in [3.63, 3.8) is 0 Å². The molecule has 0 spiro atoms. The van der Waals surface area contributed by atoms with Crippen molar-refractivity contribution in [3.8, 4) is 6.01 Å². The number of hydrogen-bond acceptors (Lipinski definition) is 8. The van der Waals surface area contributed by atoms with E-state index >= 15 is 0 Å². The van der Waals surface area contributed by atoms with Crippen LogP contribution in [-0.2, 0) is 9.47 Å². The molecule has 0 amide bonds. The van der Waals surface area contributed by atoms with Crippen LogP contribution in [-0.4, -0.2) is 64.1 Å². The number of ether oxygens (including phenoxy) is 3. The van der Waals surface area contributed by atoms with Crippen LogP contribution in [0, 0.1) is 0 Å². The van der Waals surface area contributed by atoms with Crippen LogP contribution in [0.2, 0.25) is 0 Å². The number of allylic oxidation sites excluding steroid dienone is 4. The third-order valence-corrected chi connectivity index (χ3v) is 6.14. The highest BCUT2D eigenvalue weighted by Gasteiger charge is 2.22. The standard InChI is InChI=1S/C25H29N5O4/c31-22-9-8-20-16-26-25(28-24(20)27-22)32-15-5-4-10-29-11-13-30(14-12-29)23-18-33-21(17-34-23)19-6-2-1-3-7-19/h1-2,6,8-9,16-18H,3-5,7,10-15H2,(H,26,27,28,31). The molecular weight excluding hydrogens is 434 g/mol. The van der Waals surface area contributed by atoms with E-state index in [4.69, 9.17) is 14.2 Å². The Bertz CT molecular complexity index is 1190. The molecule has 0 saturated carbocycles. The monoisotopic (exact) mass is 463 g/mol. The molecule has 2 aliphatic heterocycles. The lowest BCUT2D eigenvalue weighted by Gasteiger charge is -2.36. The van der Waals surface area contributed by atoms with Crippen molar-refractivity contribution in [1.29, 1.82) is 0 Å². The zero-order chi connectivity index (χ0) is 23.2. The molecule has 0 atom stereocenters. The molecule has 34 heavy (non-hydrogen) atoms. The third kappa shape index (κ3) is 5.48. The zero-order valence-electron chi connectivity index (χ0n) is 19.1. The minimum atomic E-state index is -0.188. The van der Waals surface area contributed by atoms with Crippen LogP contribution < -0.4 is 10.3 Å². The fourth-order valence-corrected chi connectivity index (χ4v) is 4.17. The predicted molar refractivity (Wildman–Crippen MR) is 128 cm³/mol. The Hall–Kier alpha value is -3.59. The fraction of sp³-hybridized carbons (Fsp3) is 0.400. The van der Waals surface area contributed by atoms with E-state index < -0.39 is 0 Å². The molecule has 0 bridgehead atoms. The van der Waals surface area contributed by atoms with Gasteiger partial charge in [0.1, 0.15) is 11.9 Å². The summed E-state index contributed by atoms with van der Waals surface area (Å²) in [6, 6.07) is 3.45. The summed E-state index contributed by atoms with van der Waals surface area (Å²) in [7, 11) is 0. The van der Waals surface area contributed by atoms with Crippen molar-refractivity contribution in [3.05, 3.63) is 76.7 Å². The van der Waals surface area contributed by atoms with Crippen molar-refractivity contribution in [2.45, 2.75) is 25.7 Å². The highest BCUT2D eigenvalue weighted by molar-refractivity contribution is 5.73. The molecule has 3 aliphatic rings. The first kappa shape index (κ1) is 22.2. The van der Waals surface area contributed by atoms with E-state index in [0.29, 0.717) is 18.3 Å². The van der Waals surface area contributed by atoms with Gasteiger partial charge in [0.05, 0.1) is 6.61 Å². The molecule has 0 aromatic carbocycles. The smallest absolute Gasteiger partial charge is 0.318 e. The van der Waals surface area contributed by atoms with Gasteiger partial charge in [0, 0.05) is 43.8 Å². The van der Waals surface area contributed by atoms with Gasteiger partial charge >= 0.3 is 6.01 Å². The van der Waals surface area contributed by atoms with Crippen LogP contribution >= 0.6 is 0 Å². The summed E-state index contributed by atoms with van der Waals surface area (Å²) >= 11 is 0. The number of unbranched alkanes of at least 4 members (excludes halogenated alkanes) is 1. The number of nitrogens with one attached hydrogen (secondary N) is 1. The second-order valence-electron chi connectivity index (χ2n) is 8.50. The Balaban J connectivity index is 0.993. The first-order valence-corrected chi connectivity index (χ1v) is 11.8. The molecule has 4 heterocycles. The molecule has 1 N–H and O–H groups in total. The Kier molecular flexibility index (Phi) is 6.90. The summed E-state index contributed by atoms with van der Waals surface area (Å²) < 4.78 is 17.4. The average Bonchev–Trinajstić information content (AvgIpc) is 2.89. The van der Waals surface area contributed by atoms with E-state index in [1.807, 2.05) is 0 Å². The van der Waals surface area contributed by atoms with Gasteiger partial charge in [0.2, 0.25) is 11.4 Å². The predicted octanol–water partition coefficient (Wildman–Crippen LogP) is 3.06. The number of piperazine rings is 1. The van der Waals surface area contributed by atoms with Crippen molar-refractivity contribution in [2.24, 2.45) is 0 Å². The summed E-state index contributed by atoms with van der Waals surface area (Å²) in [5.74, 6) is 1.58. The second kappa shape index (κ2) is 10.6. The lowest BCUT2D eigenvalue weighted by Crippen LogP contribution is -2.46. The number of pyridine rings is 1. The van der Waals surface area contributed by atoms with Crippen LogP contribution in [0.15, 0.2) is 71.1 Å². The van der Waals surface area contributed by atoms with Crippen LogP contribution in [0.25, 0.3) is 11.0 Å². The molecule has 1 saturated heterocycles. The van der Waals surface area contributed by atoms with Gasteiger partial charge in [0.15, 0.2) is 12.0 Å². The Morgan fingerprint density at radius 2 is 2.00 bits per heavy atom. The molecule has 2 aromatic rings. The van der Waals surface area contributed by atoms with E-state index in [1.54, 1.807) is 24.8 Å². The average molecular weight is 464 g/mol. The summed E-state index contributed by atoms with van der Waals surface area (Å²) in [5.41, 5.74) is 1.48. The fourth-order valence-electron chi connectivity index (χ4n) is 4.17. The summed E-state index contributed by atoms with van der Waals surface area (Å²) in [6.45, 7) is 5.34. The maximum absolute atomic E-state index is 11.4. The lowest BCUT2D eigenvalue weighted by atomic mass is 10.0. The van der Waals surface area contributed by atoms with Gasteiger partial charge in [-0.3, -0.25) is 9.69 Å². The number of hydrogen-bond donors (Lipinski definition) is 1. The van der Waals surface area contributed by atoms with Crippen molar-refractivity contribution in [2.75, 3.05) is 39.3 Å². The van der Waals surface area contributed by atoms with Gasteiger partial charge < -0.3 is 24.1 Å². The Labute approximate surface area is 198 Å². The maximum atomic E-state index is 11.4. The number of rotatable bonds is 8. The second-order valence-corrected chi connectivity index (χ2v) is 8.50. The number of H-pyrrole nitrogens is 1. The minimum Gasteiger partial charge on any atom is -0.463 e. The molecule has 5 rings (SSSR count). The van der Waals surface area contributed by atoms with Crippen LogP contribution in [0.4, 0.5) is 0 Å². The van der Waals surface area contributed by atoms with Gasteiger partial charge in [-0.2, -0.15) is 4.98 Å². The number of nitrogens with zero attached hydrogens (tertiary/aromatic N) is 4. The van der Waals surface area contributed by atoms with E-state index in [1.165, 1.54) is 11.6 Å². The Morgan fingerprint density at radius 3 is 2.79 bits per heavy atom. The van der Waals surface area contributed by atoms with E-state index in [9.17, 15) is 4.79 Å². The highest BCUT2D eigenvalue weighted by Crippen LogP contribution is 2.26. The number of aromatic nitrogens is 3. The van der Waals surface area contributed by atoms with Gasteiger partial charge in [-0.25, -0.2) is 4.98 Å². The zero-order valence-corrected chi connectivity index (χ0v) is 19.1. The first-order valence-electron chi connectivity index (χ1n) is 11.8. The summed E-state index contributed by atoms with van der Waals surface area (Å²) in [6.07, 6.45) is 15.4. The van der Waals surface area contributed by atoms with Crippen molar-refractivity contribution >= 4 is 11.0 Å². The third-order valence-electron chi connectivity index (χ3n) is 6.14. The van der Waals surface area contributed by atoms with E-state index in [0.717, 1.165) is 75.4 Å². The number of fused-ring (bicyclic) bond motifs is 1. The largest absolute Gasteiger partial charge is 0.463 e. The normalized spacial score (nSPS) is 18.6. The van der Waals surface area contributed by atoms with Crippen molar-refractivity contribution < 1.29 is 14.2 Å². The quantitative estimate of drug-likeness (QED) is 0.597. The number of aromatic amines is 1. The van der Waals surface area contributed by atoms with Crippen LogP contribution in [0.1, 0.15) is 25.7 Å². The Morgan fingerprint density at radius 1 is 1.09 bits per heavy atom. The molecule has 9 nitrogen and oxygen atoms in total. The van der Waals surface area contributed by atoms with Gasteiger partial charge in [-0.05, 0) is 43.9 Å². The molecule has 2 aromatic heterocycles.